The Morgan fingerprint density at radius 3 is 1.96 bits per heavy atom. The molecule has 0 fully saturated rings. The lowest BCUT2D eigenvalue weighted by atomic mass is 10.0. The summed E-state index contributed by atoms with van der Waals surface area (Å²) in [7, 11) is 2.06. The molecule has 3 aromatic heterocycles. The maximum absolute atomic E-state index is 5.18. The van der Waals surface area contributed by atoms with E-state index in [1.54, 1.807) is 0 Å². The van der Waals surface area contributed by atoms with Crippen LogP contribution < -0.4 is 0 Å². The monoisotopic (exact) mass is 706 g/mol. The highest BCUT2D eigenvalue weighted by Crippen LogP contribution is 2.41. The third-order valence-corrected chi connectivity index (χ3v) is 11.0. The van der Waals surface area contributed by atoms with Crippen LogP contribution in [0.5, 0.6) is 0 Å². The van der Waals surface area contributed by atoms with Gasteiger partial charge in [0.2, 0.25) is 0 Å². The summed E-state index contributed by atoms with van der Waals surface area (Å²) in [5.74, 6) is 2.38. The lowest BCUT2D eigenvalue weighted by Gasteiger charge is -2.32. The van der Waals surface area contributed by atoms with E-state index in [0.29, 0.717) is 5.84 Å². The second-order valence-corrected chi connectivity index (χ2v) is 14.1. The number of pyridine rings is 1. The Labute approximate surface area is 317 Å². The van der Waals surface area contributed by atoms with E-state index < -0.39 is 0 Å². The van der Waals surface area contributed by atoms with Crippen molar-refractivity contribution in [2.45, 2.75) is 6.17 Å². The highest BCUT2D eigenvalue weighted by molar-refractivity contribution is 6.25. The number of para-hydroxylation sites is 2. The van der Waals surface area contributed by atoms with E-state index in [2.05, 4.69) is 173 Å². The first-order valence-electron chi connectivity index (χ1n) is 18.6. The summed E-state index contributed by atoms with van der Waals surface area (Å²) in [6.07, 6.45) is 1.73. The second-order valence-electron chi connectivity index (χ2n) is 14.1. The molecule has 4 heterocycles. The first-order chi connectivity index (χ1) is 27.2. The SMILES string of the molecule is CN1C(c2ccc(-n3c4ccccc4c4cc5c6c7ccccc7ccc6n(-c6ccccc6)c5cc43)nc2)=NC(c2ccccc2)=NC1c1ccccc1. The van der Waals surface area contributed by atoms with Gasteiger partial charge >= 0.3 is 0 Å². The van der Waals surface area contributed by atoms with Gasteiger partial charge in [-0.15, -0.1) is 0 Å². The Bertz CT molecular complexity index is 3140. The zero-order chi connectivity index (χ0) is 36.5. The number of hydrogen-bond acceptors (Lipinski definition) is 4. The quantitative estimate of drug-likeness (QED) is 0.179. The number of hydrogen-bond donors (Lipinski definition) is 0. The molecule has 0 N–H and O–H groups in total. The second kappa shape index (κ2) is 12.4. The van der Waals surface area contributed by atoms with Gasteiger partial charge in [-0.25, -0.2) is 15.0 Å². The summed E-state index contributed by atoms with van der Waals surface area (Å²) in [5, 5.41) is 7.38. The predicted molar refractivity (Wildman–Crippen MR) is 227 cm³/mol. The molecule has 0 amide bonds. The largest absolute Gasteiger partial charge is 0.333 e. The van der Waals surface area contributed by atoms with Gasteiger partial charge in [-0.05, 0) is 64.9 Å². The zero-order valence-corrected chi connectivity index (χ0v) is 30.1. The van der Waals surface area contributed by atoms with Crippen LogP contribution in [0.1, 0.15) is 22.9 Å². The average molecular weight is 707 g/mol. The minimum Gasteiger partial charge on any atom is -0.333 e. The highest BCUT2D eigenvalue weighted by atomic mass is 15.3. The molecule has 1 atom stereocenters. The molecule has 0 radical (unpaired) electrons. The van der Waals surface area contributed by atoms with Crippen LogP contribution in [0.4, 0.5) is 0 Å². The van der Waals surface area contributed by atoms with Crippen LogP contribution in [-0.2, 0) is 0 Å². The van der Waals surface area contributed by atoms with Crippen LogP contribution in [0.2, 0.25) is 0 Å². The number of amidine groups is 2. The zero-order valence-electron chi connectivity index (χ0n) is 30.1. The number of benzene rings is 7. The maximum atomic E-state index is 5.18. The van der Waals surface area contributed by atoms with E-state index in [-0.39, 0.29) is 6.17 Å². The molecule has 6 heteroatoms. The minimum absolute atomic E-state index is 0.225. The van der Waals surface area contributed by atoms with Gasteiger partial charge in [-0.2, -0.15) is 0 Å². The van der Waals surface area contributed by atoms with E-state index in [1.807, 2.05) is 30.5 Å². The number of aliphatic imine (C=N–C) groups is 2. The Kier molecular flexibility index (Phi) is 7.04. The number of fused-ring (bicyclic) bond motifs is 8. The molecule has 1 aliphatic heterocycles. The van der Waals surface area contributed by atoms with Gasteiger partial charge in [-0.3, -0.25) is 4.57 Å². The van der Waals surface area contributed by atoms with Crippen molar-refractivity contribution in [3.63, 3.8) is 0 Å². The van der Waals surface area contributed by atoms with Gasteiger partial charge in [0.1, 0.15) is 17.8 Å². The first-order valence-corrected chi connectivity index (χ1v) is 18.6. The Morgan fingerprint density at radius 2 is 1.18 bits per heavy atom. The fraction of sp³-hybridized carbons (Fsp3) is 0.0408. The lowest BCUT2D eigenvalue weighted by molar-refractivity contribution is 0.383. The molecule has 6 nitrogen and oxygen atoms in total. The molecular formula is C49H34N6. The van der Waals surface area contributed by atoms with Gasteiger partial charge in [0.15, 0.2) is 5.84 Å². The predicted octanol–water partition coefficient (Wildman–Crippen LogP) is 11.3. The van der Waals surface area contributed by atoms with Gasteiger partial charge in [-0.1, -0.05) is 127 Å². The van der Waals surface area contributed by atoms with Crippen molar-refractivity contribution in [2.24, 2.45) is 9.98 Å². The van der Waals surface area contributed by atoms with E-state index in [4.69, 9.17) is 15.0 Å². The van der Waals surface area contributed by atoms with Crippen molar-refractivity contribution < 1.29 is 0 Å². The highest BCUT2D eigenvalue weighted by Gasteiger charge is 2.27. The van der Waals surface area contributed by atoms with Crippen molar-refractivity contribution in [1.29, 1.82) is 0 Å². The van der Waals surface area contributed by atoms with Crippen LogP contribution in [-0.4, -0.2) is 37.7 Å². The van der Waals surface area contributed by atoms with Crippen molar-refractivity contribution in [2.75, 3.05) is 7.05 Å². The van der Waals surface area contributed by atoms with Crippen molar-refractivity contribution in [1.82, 2.24) is 19.0 Å². The summed E-state index contributed by atoms with van der Waals surface area (Å²) in [5.41, 5.74) is 8.71. The van der Waals surface area contributed by atoms with E-state index in [1.165, 1.54) is 37.8 Å². The van der Waals surface area contributed by atoms with E-state index in [9.17, 15) is 0 Å². The van der Waals surface area contributed by atoms with Crippen LogP contribution in [0.15, 0.2) is 192 Å². The molecule has 10 aromatic rings. The third-order valence-electron chi connectivity index (χ3n) is 11.0. The minimum atomic E-state index is -0.225. The molecule has 0 saturated heterocycles. The summed E-state index contributed by atoms with van der Waals surface area (Å²) in [4.78, 5) is 17.6. The molecule has 0 aliphatic carbocycles. The number of nitrogens with zero attached hydrogens (tertiary/aromatic N) is 6. The van der Waals surface area contributed by atoms with Gasteiger partial charge in [0, 0.05) is 51.6 Å². The summed E-state index contributed by atoms with van der Waals surface area (Å²) >= 11 is 0. The van der Waals surface area contributed by atoms with Crippen molar-refractivity contribution in [3.05, 3.63) is 199 Å². The fourth-order valence-corrected chi connectivity index (χ4v) is 8.45. The van der Waals surface area contributed by atoms with Crippen LogP contribution in [0.25, 0.3) is 65.9 Å². The molecular weight excluding hydrogens is 673 g/mol. The molecule has 0 bridgehead atoms. The molecule has 1 aliphatic rings. The molecule has 7 aromatic carbocycles. The molecule has 55 heavy (non-hydrogen) atoms. The maximum Gasteiger partial charge on any atom is 0.159 e. The standard InChI is InChI=1S/C49H34N6/c1-53-48(34-18-7-3-8-19-34)51-47(33-16-5-2-6-17-33)52-49(53)35-26-28-45(50-31-35)55-41-24-14-13-23-38(41)39-29-40-44(30-43(39)55)54(36-20-9-4-10-21-36)42-27-25-32-15-11-12-22-37(32)46(40)42/h2-31,48H,1H3. The summed E-state index contributed by atoms with van der Waals surface area (Å²) in [6, 6.07) is 62.1. The summed E-state index contributed by atoms with van der Waals surface area (Å²) < 4.78 is 4.70. The van der Waals surface area contributed by atoms with E-state index in [0.717, 1.165) is 50.6 Å². The van der Waals surface area contributed by atoms with Crippen LogP contribution >= 0.6 is 0 Å². The average Bonchev–Trinajstić information content (AvgIpc) is 3.76. The van der Waals surface area contributed by atoms with Gasteiger partial charge in [0.05, 0.1) is 22.1 Å². The Balaban J connectivity index is 1.11. The van der Waals surface area contributed by atoms with Crippen molar-refractivity contribution >= 4 is 66.1 Å². The lowest BCUT2D eigenvalue weighted by Crippen LogP contribution is -2.35. The summed E-state index contributed by atoms with van der Waals surface area (Å²) in [6.45, 7) is 0. The molecule has 260 valence electrons. The normalized spacial score (nSPS) is 14.6. The smallest absolute Gasteiger partial charge is 0.159 e. The van der Waals surface area contributed by atoms with Crippen LogP contribution in [0.3, 0.4) is 0 Å². The third kappa shape index (κ3) is 4.92. The molecule has 0 saturated carbocycles. The van der Waals surface area contributed by atoms with E-state index >= 15 is 0 Å². The topological polar surface area (TPSA) is 50.7 Å². The first kappa shape index (κ1) is 31.2. The molecule has 11 rings (SSSR count). The van der Waals surface area contributed by atoms with Gasteiger partial charge in [0.25, 0.3) is 0 Å². The van der Waals surface area contributed by atoms with Crippen molar-refractivity contribution in [3.8, 4) is 11.5 Å². The Hall–Kier alpha value is -7.31. The Morgan fingerprint density at radius 1 is 0.491 bits per heavy atom. The number of rotatable bonds is 5. The molecule has 0 spiro atoms. The van der Waals surface area contributed by atoms with Crippen LogP contribution in [0, 0.1) is 0 Å². The fourth-order valence-electron chi connectivity index (χ4n) is 8.45. The number of aromatic nitrogens is 3. The molecule has 1 unspecified atom stereocenters. The van der Waals surface area contributed by atoms with Gasteiger partial charge < -0.3 is 9.47 Å².